The van der Waals surface area contributed by atoms with E-state index in [1.807, 2.05) is 18.2 Å². The molecule has 1 amide bonds. The first kappa shape index (κ1) is 28.5. The summed E-state index contributed by atoms with van der Waals surface area (Å²) < 4.78 is 31.7. The number of hydrogen-bond donors (Lipinski definition) is 1. The van der Waals surface area contributed by atoms with Crippen LogP contribution in [0.4, 0.5) is 14.5 Å². The first-order valence-electron chi connectivity index (χ1n) is 12.0. The van der Waals surface area contributed by atoms with E-state index in [1.54, 1.807) is 11.0 Å². The van der Waals surface area contributed by atoms with Crippen LogP contribution in [0.5, 0.6) is 0 Å². The Kier molecular flexibility index (Phi) is 7.83. The van der Waals surface area contributed by atoms with Gasteiger partial charge in [-0.15, -0.1) is 0 Å². The van der Waals surface area contributed by atoms with E-state index in [2.05, 4.69) is 6.07 Å². The van der Waals surface area contributed by atoms with E-state index in [9.17, 15) is 19.1 Å². The number of halogens is 4. The summed E-state index contributed by atoms with van der Waals surface area (Å²) >= 11 is 13.7. The average Bonchev–Trinajstić information content (AvgIpc) is 3.36. The Balaban J connectivity index is 0.00000308. The van der Waals surface area contributed by atoms with Gasteiger partial charge in [-0.05, 0) is 48.7 Å². The van der Waals surface area contributed by atoms with Gasteiger partial charge in [0, 0.05) is 27.9 Å². The molecule has 196 valence electrons. The fourth-order valence-electron chi connectivity index (χ4n) is 5.53. The van der Waals surface area contributed by atoms with Crippen LogP contribution in [0.1, 0.15) is 35.2 Å². The van der Waals surface area contributed by atoms with Crippen molar-refractivity contribution in [1.29, 1.82) is 0 Å². The molecule has 0 bridgehead atoms. The van der Waals surface area contributed by atoms with Crippen LogP contribution < -0.4 is 4.90 Å². The number of carboxylic acids is 1. The predicted octanol–water partition coefficient (Wildman–Crippen LogP) is 6.90. The second-order valence-corrected chi connectivity index (χ2v) is 11.4. The molecule has 0 unspecified atom stereocenters. The van der Waals surface area contributed by atoms with Crippen molar-refractivity contribution in [1.82, 2.24) is 4.57 Å². The number of benzene rings is 3. The fourth-order valence-corrected chi connectivity index (χ4v) is 7.08. The van der Waals surface area contributed by atoms with Gasteiger partial charge in [0.25, 0.3) is 0 Å². The minimum atomic E-state index is -1.41. The summed E-state index contributed by atoms with van der Waals surface area (Å²) in [6.45, 7) is 0.301. The Morgan fingerprint density at radius 1 is 1.00 bits per heavy atom. The molecule has 1 fully saturated rings. The zero-order valence-electron chi connectivity index (χ0n) is 19.8. The third kappa shape index (κ3) is 4.59. The molecule has 2 heterocycles. The number of aromatic nitrogens is 1. The van der Waals surface area contributed by atoms with Gasteiger partial charge in [-0.2, -0.15) is 0 Å². The molecule has 4 aromatic rings. The van der Waals surface area contributed by atoms with Crippen LogP contribution in [-0.2, 0) is 16.8 Å². The maximum atomic E-state index is 15.4. The minimum absolute atomic E-state index is 0. The average molecular weight is 597 g/mol. The topological polar surface area (TPSA) is 62.5 Å². The monoisotopic (exact) mass is 596 g/mol. The Morgan fingerprint density at radius 2 is 1.74 bits per heavy atom. The summed E-state index contributed by atoms with van der Waals surface area (Å²) in [5.74, 6) is -3.33. The van der Waals surface area contributed by atoms with Crippen molar-refractivity contribution in [2.24, 2.45) is 0 Å². The van der Waals surface area contributed by atoms with Crippen LogP contribution in [0.15, 0.2) is 64.4 Å². The van der Waals surface area contributed by atoms with E-state index in [0.29, 0.717) is 16.8 Å². The van der Waals surface area contributed by atoms with Crippen LogP contribution in [0.3, 0.4) is 0 Å². The molecule has 0 atom stereocenters. The quantitative estimate of drug-likeness (QED) is 0.255. The second-order valence-electron chi connectivity index (χ2n) is 9.62. The SMILES string of the molecule is O=C(O)c1cccc(Sc2c(Cl)n(CC(=O)N3CC4(CCC4)c4ccccc43)c3c(F)c(Cl)ccc23)c1F.[NaH]. The first-order valence-corrected chi connectivity index (χ1v) is 13.5. The second kappa shape index (κ2) is 10.7. The summed E-state index contributed by atoms with van der Waals surface area (Å²) in [7, 11) is 0. The number of fused-ring (bicyclic) bond motifs is 3. The molecule has 1 N–H and O–H groups in total. The van der Waals surface area contributed by atoms with Crippen LogP contribution in [-0.4, -0.2) is 57.7 Å². The Labute approximate surface area is 259 Å². The predicted molar refractivity (Wildman–Crippen MR) is 151 cm³/mol. The molecule has 1 aromatic heterocycles. The molecule has 6 rings (SSSR count). The van der Waals surface area contributed by atoms with Gasteiger partial charge in [0.15, 0.2) is 11.6 Å². The van der Waals surface area contributed by atoms with Gasteiger partial charge in [0.05, 0.1) is 21.0 Å². The van der Waals surface area contributed by atoms with Crippen molar-refractivity contribution in [3.8, 4) is 0 Å². The van der Waals surface area contributed by atoms with Crippen molar-refractivity contribution in [3.05, 3.63) is 87.5 Å². The van der Waals surface area contributed by atoms with E-state index in [1.165, 1.54) is 22.8 Å². The third-order valence-electron chi connectivity index (χ3n) is 7.55. The van der Waals surface area contributed by atoms with Crippen LogP contribution in [0.2, 0.25) is 10.2 Å². The molecular weight excluding hydrogens is 576 g/mol. The first-order chi connectivity index (χ1) is 18.2. The van der Waals surface area contributed by atoms with Crippen LogP contribution in [0, 0.1) is 11.6 Å². The van der Waals surface area contributed by atoms with Crippen molar-refractivity contribution in [3.63, 3.8) is 0 Å². The number of carbonyl (C=O) groups is 2. The van der Waals surface area contributed by atoms with E-state index < -0.39 is 23.2 Å². The van der Waals surface area contributed by atoms with Crippen molar-refractivity contribution in [2.45, 2.75) is 41.0 Å². The summed E-state index contributed by atoms with van der Waals surface area (Å²) in [6.07, 6.45) is 3.12. The molecule has 1 saturated carbocycles. The maximum absolute atomic E-state index is 15.4. The third-order valence-corrected chi connectivity index (χ3v) is 9.50. The zero-order chi connectivity index (χ0) is 26.8. The van der Waals surface area contributed by atoms with Gasteiger partial charge in [-0.1, -0.05) is 65.7 Å². The van der Waals surface area contributed by atoms with Gasteiger partial charge in [-0.25, -0.2) is 13.6 Å². The number of para-hydroxylation sites is 1. The van der Waals surface area contributed by atoms with E-state index in [-0.39, 0.29) is 68.0 Å². The summed E-state index contributed by atoms with van der Waals surface area (Å²) in [5, 5.41) is 9.53. The number of anilines is 1. The molecule has 11 heteroatoms. The summed E-state index contributed by atoms with van der Waals surface area (Å²) in [4.78, 5) is 27.2. The fraction of sp³-hybridized carbons (Fsp3) is 0.214. The number of nitrogens with zero attached hydrogens (tertiary/aromatic N) is 2. The number of amides is 1. The van der Waals surface area contributed by atoms with Crippen molar-refractivity contribution < 1.29 is 23.5 Å². The Hall–Kier alpha value is -2.07. The van der Waals surface area contributed by atoms with E-state index in [0.717, 1.165) is 48.3 Å². The number of hydrogen-bond acceptors (Lipinski definition) is 3. The molecule has 39 heavy (non-hydrogen) atoms. The number of aromatic carboxylic acids is 1. The number of rotatable bonds is 5. The van der Waals surface area contributed by atoms with Crippen molar-refractivity contribution >= 4 is 93.0 Å². The van der Waals surface area contributed by atoms with E-state index in [4.69, 9.17) is 23.2 Å². The van der Waals surface area contributed by atoms with Gasteiger partial charge < -0.3 is 14.6 Å². The van der Waals surface area contributed by atoms with Gasteiger partial charge in [0.2, 0.25) is 5.91 Å². The zero-order valence-corrected chi connectivity index (χ0v) is 22.1. The summed E-state index contributed by atoms with van der Waals surface area (Å²) in [6, 6.07) is 14.8. The van der Waals surface area contributed by atoms with Crippen molar-refractivity contribution in [2.75, 3.05) is 11.4 Å². The molecule has 5 nitrogen and oxygen atoms in total. The van der Waals surface area contributed by atoms with E-state index >= 15 is 4.39 Å². The molecule has 1 aliphatic carbocycles. The van der Waals surface area contributed by atoms with Gasteiger partial charge >= 0.3 is 35.5 Å². The number of carbonyl (C=O) groups excluding carboxylic acids is 1. The molecule has 0 radical (unpaired) electrons. The number of carboxylic acid groups (broad SMARTS) is 1. The molecule has 3 aromatic carbocycles. The summed E-state index contributed by atoms with van der Waals surface area (Å²) in [5.41, 5.74) is 1.50. The Bertz CT molecular complexity index is 1660. The standard InChI is InChI=1S/C28H20Cl2F2N2O3S.Na.H/c29-18-10-9-16-24(23(18)32)33(26(30)25(16)38-20-8-3-5-15(22(20)31)27(36)37)13-21(35)34-14-28(11-4-12-28)17-6-1-2-7-19(17)34;;/h1-3,5-10H,4,11-14H2,(H,36,37);;. The molecule has 1 aliphatic heterocycles. The van der Waals surface area contributed by atoms with Gasteiger partial charge in [0.1, 0.15) is 11.7 Å². The molecule has 2 aliphatic rings. The molecule has 0 saturated heterocycles. The molecular formula is C28H21Cl2F2N2NaO3S. The van der Waals surface area contributed by atoms with Gasteiger partial charge in [-0.3, -0.25) is 4.79 Å². The van der Waals surface area contributed by atoms with Crippen LogP contribution in [0.25, 0.3) is 10.9 Å². The Morgan fingerprint density at radius 3 is 2.44 bits per heavy atom. The normalized spacial score (nSPS) is 15.2. The molecule has 1 spiro atoms. The van der Waals surface area contributed by atoms with Crippen LogP contribution >= 0.6 is 35.0 Å².